The summed E-state index contributed by atoms with van der Waals surface area (Å²) in [4.78, 5) is 10.6. The summed E-state index contributed by atoms with van der Waals surface area (Å²) in [6.07, 6.45) is 0.301. The van der Waals surface area contributed by atoms with Crippen LogP contribution >= 0.6 is 0 Å². The molecule has 0 aliphatic heterocycles. The van der Waals surface area contributed by atoms with Crippen LogP contribution in [0.3, 0.4) is 0 Å². The molecule has 0 aromatic rings. The number of esters is 1. The van der Waals surface area contributed by atoms with Crippen LogP contribution in [0.5, 0.6) is 0 Å². The Morgan fingerprint density at radius 1 is 1.60 bits per heavy atom. The molecule has 0 heterocycles. The van der Waals surface area contributed by atoms with Gasteiger partial charge in [0.2, 0.25) is 0 Å². The van der Waals surface area contributed by atoms with Crippen molar-refractivity contribution in [2.24, 2.45) is 0 Å². The first-order valence-corrected chi connectivity index (χ1v) is 3.06. The van der Waals surface area contributed by atoms with Gasteiger partial charge < -0.3 is 9.84 Å². The lowest BCUT2D eigenvalue weighted by Gasteiger charge is -2.02. The zero-order valence-electron chi connectivity index (χ0n) is 6.42. The van der Waals surface area contributed by atoms with Gasteiger partial charge in [0.1, 0.15) is 0 Å². The molecule has 0 amide bonds. The lowest BCUT2D eigenvalue weighted by molar-refractivity contribution is -0.158. The molecule has 0 radical (unpaired) electrons. The predicted octanol–water partition coefficient (Wildman–Crippen LogP) is 0.834. The summed E-state index contributed by atoms with van der Waals surface area (Å²) in [5, 5.41) is 8.56. The second kappa shape index (κ2) is 4.06. The van der Waals surface area contributed by atoms with Crippen molar-refractivity contribution in [3.8, 4) is 0 Å². The second-order valence-electron chi connectivity index (χ2n) is 2.26. The van der Waals surface area contributed by atoms with Crippen LogP contribution < -0.4 is 0 Å². The van der Waals surface area contributed by atoms with Crippen LogP contribution in [0, 0.1) is 0 Å². The minimum absolute atomic E-state index is 0.505. The van der Waals surface area contributed by atoms with Crippen LogP contribution in [-0.2, 0) is 9.53 Å². The van der Waals surface area contributed by atoms with E-state index in [4.69, 9.17) is 5.11 Å². The molecule has 0 rings (SSSR count). The molecular formula is C7H12O3. The van der Waals surface area contributed by atoms with E-state index in [1.807, 2.05) is 0 Å². The normalized spacial score (nSPS) is 12.0. The molecule has 0 fully saturated rings. The zero-order valence-corrected chi connectivity index (χ0v) is 6.42. The SMILES string of the molecule is CC(C)=CC(=O)OC(C)O. The van der Waals surface area contributed by atoms with E-state index in [0.717, 1.165) is 5.57 Å². The molecular weight excluding hydrogens is 132 g/mol. The average molecular weight is 144 g/mol. The van der Waals surface area contributed by atoms with E-state index in [0.29, 0.717) is 0 Å². The van der Waals surface area contributed by atoms with Crippen LogP contribution in [0.2, 0.25) is 0 Å². The average Bonchev–Trinajstić information content (AvgIpc) is 1.58. The molecule has 3 nitrogen and oxygen atoms in total. The highest BCUT2D eigenvalue weighted by molar-refractivity contribution is 5.82. The molecule has 0 aromatic heterocycles. The van der Waals surface area contributed by atoms with Gasteiger partial charge in [-0.15, -0.1) is 0 Å². The van der Waals surface area contributed by atoms with Crippen molar-refractivity contribution < 1.29 is 14.6 Å². The fraction of sp³-hybridized carbons (Fsp3) is 0.571. The highest BCUT2D eigenvalue weighted by atomic mass is 16.6. The first-order valence-electron chi connectivity index (χ1n) is 3.06. The maximum Gasteiger partial charge on any atom is 0.332 e. The highest BCUT2D eigenvalue weighted by Gasteiger charge is 2.00. The third kappa shape index (κ3) is 5.31. The Labute approximate surface area is 60.3 Å². The molecule has 1 atom stereocenters. The molecule has 3 heteroatoms. The number of allylic oxidation sites excluding steroid dienone is 1. The second-order valence-corrected chi connectivity index (χ2v) is 2.26. The highest BCUT2D eigenvalue weighted by Crippen LogP contribution is 1.92. The Balaban J connectivity index is 3.76. The maximum absolute atomic E-state index is 10.6. The lowest BCUT2D eigenvalue weighted by atomic mass is 10.3. The molecule has 0 saturated carbocycles. The van der Waals surface area contributed by atoms with Gasteiger partial charge in [0.15, 0.2) is 6.29 Å². The Morgan fingerprint density at radius 3 is 2.40 bits per heavy atom. The van der Waals surface area contributed by atoms with E-state index in [-0.39, 0.29) is 0 Å². The van der Waals surface area contributed by atoms with E-state index in [1.165, 1.54) is 13.0 Å². The van der Waals surface area contributed by atoms with Crippen molar-refractivity contribution >= 4 is 5.97 Å². The first kappa shape index (κ1) is 9.17. The number of aliphatic hydroxyl groups excluding tert-OH is 1. The molecule has 58 valence electrons. The van der Waals surface area contributed by atoms with Crippen molar-refractivity contribution in [3.05, 3.63) is 11.6 Å². The zero-order chi connectivity index (χ0) is 8.15. The predicted molar refractivity (Wildman–Crippen MR) is 37.2 cm³/mol. The summed E-state index contributed by atoms with van der Waals surface area (Å²) >= 11 is 0. The van der Waals surface area contributed by atoms with Crippen molar-refractivity contribution in [3.63, 3.8) is 0 Å². The summed E-state index contributed by atoms with van der Waals surface area (Å²) in [7, 11) is 0. The summed E-state index contributed by atoms with van der Waals surface area (Å²) in [6, 6.07) is 0. The van der Waals surface area contributed by atoms with Gasteiger partial charge in [-0.3, -0.25) is 0 Å². The number of hydrogen-bond donors (Lipinski definition) is 1. The quantitative estimate of drug-likeness (QED) is 0.355. The van der Waals surface area contributed by atoms with E-state index in [9.17, 15) is 4.79 Å². The summed E-state index contributed by atoms with van der Waals surface area (Å²) < 4.78 is 4.40. The number of carbonyl (C=O) groups is 1. The molecule has 0 bridgehead atoms. The van der Waals surface area contributed by atoms with Crippen molar-refractivity contribution in [1.82, 2.24) is 0 Å². The van der Waals surface area contributed by atoms with Crippen LogP contribution in [-0.4, -0.2) is 17.4 Å². The molecule has 0 spiro atoms. The Hall–Kier alpha value is -0.830. The van der Waals surface area contributed by atoms with Gasteiger partial charge in [-0.05, 0) is 20.8 Å². The van der Waals surface area contributed by atoms with E-state index >= 15 is 0 Å². The van der Waals surface area contributed by atoms with Crippen LogP contribution in [0.1, 0.15) is 20.8 Å². The minimum atomic E-state index is -1.02. The first-order chi connectivity index (χ1) is 4.52. The van der Waals surface area contributed by atoms with Crippen LogP contribution in [0.15, 0.2) is 11.6 Å². The number of aliphatic hydroxyl groups is 1. The molecule has 0 aliphatic carbocycles. The number of hydrogen-bond acceptors (Lipinski definition) is 3. The van der Waals surface area contributed by atoms with Crippen molar-refractivity contribution in [2.45, 2.75) is 27.1 Å². The van der Waals surface area contributed by atoms with Gasteiger partial charge in [-0.25, -0.2) is 4.79 Å². The third-order valence-electron chi connectivity index (χ3n) is 0.693. The van der Waals surface area contributed by atoms with E-state index in [2.05, 4.69) is 4.74 Å². The molecule has 1 unspecified atom stereocenters. The number of carbonyl (C=O) groups excluding carboxylic acids is 1. The van der Waals surface area contributed by atoms with Gasteiger partial charge in [0.25, 0.3) is 0 Å². The van der Waals surface area contributed by atoms with Gasteiger partial charge in [0, 0.05) is 6.08 Å². The largest absolute Gasteiger partial charge is 0.433 e. The van der Waals surface area contributed by atoms with Crippen LogP contribution in [0.25, 0.3) is 0 Å². The molecule has 1 N–H and O–H groups in total. The summed E-state index contributed by atoms with van der Waals surface area (Å²) in [5.74, 6) is -0.505. The molecule has 0 aromatic carbocycles. The van der Waals surface area contributed by atoms with E-state index in [1.54, 1.807) is 13.8 Å². The topological polar surface area (TPSA) is 46.5 Å². The molecule has 10 heavy (non-hydrogen) atoms. The standard InChI is InChI=1S/C7H12O3/c1-5(2)4-7(9)10-6(3)8/h4,6,8H,1-3H3. The molecule has 0 saturated heterocycles. The summed E-state index contributed by atoms with van der Waals surface area (Å²) in [5.41, 5.74) is 0.852. The Kier molecular flexibility index (Phi) is 3.72. The van der Waals surface area contributed by atoms with Crippen molar-refractivity contribution in [1.29, 1.82) is 0 Å². The number of ether oxygens (including phenoxy) is 1. The van der Waals surface area contributed by atoms with Gasteiger partial charge in [-0.1, -0.05) is 5.57 Å². The number of rotatable bonds is 2. The third-order valence-corrected chi connectivity index (χ3v) is 0.693. The van der Waals surface area contributed by atoms with Gasteiger partial charge in [-0.2, -0.15) is 0 Å². The Bertz CT molecular complexity index is 143. The Morgan fingerprint density at radius 2 is 2.10 bits per heavy atom. The van der Waals surface area contributed by atoms with E-state index < -0.39 is 12.3 Å². The molecule has 0 aliphatic rings. The van der Waals surface area contributed by atoms with Gasteiger partial charge >= 0.3 is 5.97 Å². The fourth-order valence-electron chi connectivity index (χ4n) is 0.438. The lowest BCUT2D eigenvalue weighted by Crippen LogP contribution is -2.11. The summed E-state index contributed by atoms with van der Waals surface area (Å²) in [6.45, 7) is 4.95. The smallest absolute Gasteiger partial charge is 0.332 e. The van der Waals surface area contributed by atoms with Crippen LogP contribution in [0.4, 0.5) is 0 Å². The maximum atomic E-state index is 10.6. The van der Waals surface area contributed by atoms with Crippen molar-refractivity contribution in [2.75, 3.05) is 0 Å². The minimum Gasteiger partial charge on any atom is -0.433 e. The fourth-order valence-corrected chi connectivity index (χ4v) is 0.438. The monoisotopic (exact) mass is 144 g/mol. The van der Waals surface area contributed by atoms with Gasteiger partial charge in [0.05, 0.1) is 0 Å².